The van der Waals surface area contributed by atoms with E-state index in [0.717, 1.165) is 0 Å². The van der Waals surface area contributed by atoms with Gasteiger partial charge in [-0.25, -0.2) is 0 Å². The van der Waals surface area contributed by atoms with Gasteiger partial charge in [-0.15, -0.1) is 0 Å². The Labute approximate surface area is 115 Å². The van der Waals surface area contributed by atoms with E-state index in [2.05, 4.69) is 0 Å². The molecule has 2 N–H and O–H groups in total. The third-order valence-corrected chi connectivity index (χ3v) is 3.18. The SMILES string of the molecule is CC1COc2ccc(C(N)CCC(F)(F)F)cc2OC1. The number of benzene rings is 1. The lowest BCUT2D eigenvalue weighted by Crippen LogP contribution is -2.15. The van der Waals surface area contributed by atoms with Gasteiger partial charge in [0.2, 0.25) is 0 Å². The number of ether oxygens (including phenoxy) is 2. The minimum absolute atomic E-state index is 0.139. The van der Waals surface area contributed by atoms with Gasteiger partial charge in [0, 0.05) is 18.4 Å². The summed E-state index contributed by atoms with van der Waals surface area (Å²) in [6, 6.07) is 4.41. The van der Waals surface area contributed by atoms with Crippen LogP contribution in [-0.2, 0) is 0 Å². The quantitative estimate of drug-likeness (QED) is 0.927. The Morgan fingerprint density at radius 1 is 1.25 bits per heavy atom. The van der Waals surface area contributed by atoms with Crippen molar-refractivity contribution in [1.82, 2.24) is 0 Å². The molecule has 2 unspecified atom stereocenters. The van der Waals surface area contributed by atoms with Gasteiger partial charge in [-0.2, -0.15) is 13.2 Å². The van der Waals surface area contributed by atoms with Gasteiger partial charge in [0.25, 0.3) is 0 Å². The van der Waals surface area contributed by atoms with Crippen LogP contribution in [0, 0.1) is 5.92 Å². The summed E-state index contributed by atoms with van der Waals surface area (Å²) in [7, 11) is 0. The molecule has 0 fully saturated rings. The van der Waals surface area contributed by atoms with Gasteiger partial charge in [0.1, 0.15) is 0 Å². The summed E-state index contributed by atoms with van der Waals surface area (Å²) >= 11 is 0. The highest BCUT2D eigenvalue weighted by atomic mass is 19.4. The first-order chi connectivity index (χ1) is 9.35. The Kier molecular flexibility index (Phi) is 4.42. The van der Waals surface area contributed by atoms with Gasteiger partial charge in [0.15, 0.2) is 11.5 Å². The lowest BCUT2D eigenvalue weighted by Gasteiger charge is -2.15. The van der Waals surface area contributed by atoms with Crippen LogP contribution >= 0.6 is 0 Å². The van der Waals surface area contributed by atoms with Crippen molar-refractivity contribution in [3.63, 3.8) is 0 Å². The molecule has 0 bridgehead atoms. The molecule has 1 heterocycles. The van der Waals surface area contributed by atoms with Gasteiger partial charge >= 0.3 is 6.18 Å². The maximum Gasteiger partial charge on any atom is 0.389 e. The molecule has 1 aliphatic heterocycles. The maximum absolute atomic E-state index is 12.2. The summed E-state index contributed by atoms with van der Waals surface area (Å²) in [5.41, 5.74) is 6.44. The number of nitrogens with two attached hydrogens (primary N) is 1. The molecule has 0 radical (unpaired) electrons. The molecule has 1 aliphatic rings. The zero-order valence-electron chi connectivity index (χ0n) is 11.2. The highest BCUT2D eigenvalue weighted by Gasteiger charge is 2.28. The molecule has 2 atom stereocenters. The number of hydrogen-bond donors (Lipinski definition) is 1. The second-order valence-corrected chi connectivity index (χ2v) is 5.19. The summed E-state index contributed by atoms with van der Waals surface area (Å²) in [6.07, 6.45) is -5.21. The second kappa shape index (κ2) is 5.91. The van der Waals surface area contributed by atoms with E-state index in [4.69, 9.17) is 15.2 Å². The van der Waals surface area contributed by atoms with Crippen molar-refractivity contribution in [2.75, 3.05) is 13.2 Å². The molecule has 2 rings (SSSR count). The van der Waals surface area contributed by atoms with Crippen molar-refractivity contribution < 1.29 is 22.6 Å². The Bertz CT molecular complexity index is 462. The first kappa shape index (κ1) is 15.0. The van der Waals surface area contributed by atoms with Crippen LogP contribution in [0.2, 0.25) is 0 Å². The lowest BCUT2D eigenvalue weighted by molar-refractivity contribution is -0.136. The average Bonchev–Trinajstić information content (AvgIpc) is 2.57. The predicted molar refractivity (Wildman–Crippen MR) is 68.8 cm³/mol. The van der Waals surface area contributed by atoms with Crippen LogP contribution in [-0.4, -0.2) is 19.4 Å². The molecular weight excluding hydrogens is 271 g/mol. The van der Waals surface area contributed by atoms with Crippen molar-refractivity contribution in [2.45, 2.75) is 32.0 Å². The minimum Gasteiger partial charge on any atom is -0.489 e. The van der Waals surface area contributed by atoms with Gasteiger partial charge in [-0.3, -0.25) is 0 Å². The van der Waals surface area contributed by atoms with Gasteiger partial charge in [0.05, 0.1) is 13.2 Å². The summed E-state index contributed by atoms with van der Waals surface area (Å²) < 4.78 is 47.8. The zero-order valence-corrected chi connectivity index (χ0v) is 11.2. The summed E-state index contributed by atoms with van der Waals surface area (Å²) in [5.74, 6) is 1.43. The van der Waals surface area contributed by atoms with E-state index in [1.165, 1.54) is 0 Å². The Morgan fingerprint density at radius 2 is 1.90 bits per heavy atom. The maximum atomic E-state index is 12.2. The second-order valence-electron chi connectivity index (χ2n) is 5.19. The molecule has 0 saturated carbocycles. The Morgan fingerprint density at radius 3 is 2.55 bits per heavy atom. The van der Waals surface area contributed by atoms with Crippen molar-refractivity contribution in [1.29, 1.82) is 0 Å². The van der Waals surface area contributed by atoms with Gasteiger partial charge in [-0.05, 0) is 24.1 Å². The fourth-order valence-corrected chi connectivity index (χ4v) is 1.99. The molecule has 3 nitrogen and oxygen atoms in total. The predicted octanol–water partition coefficient (Wildman–Crippen LogP) is 3.44. The fraction of sp³-hybridized carbons (Fsp3) is 0.571. The summed E-state index contributed by atoms with van der Waals surface area (Å²) in [4.78, 5) is 0. The first-order valence-electron chi connectivity index (χ1n) is 6.57. The number of fused-ring (bicyclic) bond motifs is 1. The zero-order chi connectivity index (χ0) is 14.8. The number of hydrogen-bond acceptors (Lipinski definition) is 3. The topological polar surface area (TPSA) is 44.5 Å². The van der Waals surface area contributed by atoms with Crippen LogP contribution < -0.4 is 15.2 Å². The number of rotatable bonds is 3. The van der Waals surface area contributed by atoms with Crippen LogP contribution in [0.25, 0.3) is 0 Å². The van der Waals surface area contributed by atoms with Crippen LogP contribution in [0.5, 0.6) is 11.5 Å². The van der Waals surface area contributed by atoms with Crippen LogP contribution in [0.15, 0.2) is 18.2 Å². The standard InChI is InChI=1S/C14H18F3NO2/c1-9-7-19-12-3-2-10(6-13(12)20-8-9)11(18)4-5-14(15,16)17/h2-3,6,9,11H,4-5,7-8,18H2,1H3. The van der Waals surface area contributed by atoms with Crippen LogP contribution in [0.4, 0.5) is 13.2 Å². The number of halogens is 3. The molecule has 1 aromatic carbocycles. The molecule has 0 saturated heterocycles. The van der Waals surface area contributed by atoms with Crippen LogP contribution in [0.1, 0.15) is 31.4 Å². The normalized spacial score (nSPS) is 20.4. The molecule has 0 spiro atoms. The smallest absolute Gasteiger partial charge is 0.389 e. The van der Waals surface area contributed by atoms with E-state index in [1.807, 2.05) is 6.92 Å². The van der Waals surface area contributed by atoms with E-state index in [0.29, 0.717) is 30.3 Å². The van der Waals surface area contributed by atoms with E-state index in [-0.39, 0.29) is 12.3 Å². The Balaban J connectivity index is 2.07. The summed E-state index contributed by atoms with van der Waals surface area (Å²) in [6.45, 7) is 3.09. The van der Waals surface area contributed by atoms with Crippen molar-refractivity contribution in [2.24, 2.45) is 11.7 Å². The van der Waals surface area contributed by atoms with Crippen molar-refractivity contribution in [3.05, 3.63) is 23.8 Å². The average molecular weight is 289 g/mol. The van der Waals surface area contributed by atoms with Crippen LogP contribution in [0.3, 0.4) is 0 Å². The van der Waals surface area contributed by atoms with E-state index in [1.54, 1.807) is 18.2 Å². The summed E-state index contributed by atoms with van der Waals surface area (Å²) in [5, 5.41) is 0. The fourth-order valence-electron chi connectivity index (χ4n) is 1.99. The lowest BCUT2D eigenvalue weighted by atomic mass is 10.0. The van der Waals surface area contributed by atoms with Crippen molar-refractivity contribution >= 4 is 0 Å². The highest BCUT2D eigenvalue weighted by molar-refractivity contribution is 5.44. The minimum atomic E-state index is -4.18. The van der Waals surface area contributed by atoms with E-state index < -0.39 is 18.6 Å². The van der Waals surface area contributed by atoms with E-state index in [9.17, 15) is 13.2 Å². The molecule has 0 amide bonds. The third-order valence-electron chi connectivity index (χ3n) is 3.18. The largest absolute Gasteiger partial charge is 0.489 e. The highest BCUT2D eigenvalue weighted by Crippen LogP contribution is 2.34. The van der Waals surface area contributed by atoms with E-state index >= 15 is 0 Å². The molecule has 6 heteroatoms. The van der Waals surface area contributed by atoms with Gasteiger partial charge in [-0.1, -0.05) is 13.0 Å². The molecule has 112 valence electrons. The Hall–Kier alpha value is -1.43. The van der Waals surface area contributed by atoms with Crippen molar-refractivity contribution in [3.8, 4) is 11.5 Å². The molecule has 1 aromatic rings. The molecule has 0 aromatic heterocycles. The van der Waals surface area contributed by atoms with Gasteiger partial charge < -0.3 is 15.2 Å². The molecule has 0 aliphatic carbocycles. The first-order valence-corrected chi connectivity index (χ1v) is 6.57. The monoisotopic (exact) mass is 289 g/mol. The third kappa shape index (κ3) is 4.03. The number of alkyl halides is 3. The molecule has 20 heavy (non-hydrogen) atoms. The molecular formula is C14H18F3NO2.